The van der Waals surface area contributed by atoms with Crippen LogP contribution in [0.3, 0.4) is 0 Å². The van der Waals surface area contributed by atoms with Gasteiger partial charge in [0, 0.05) is 38.1 Å². The monoisotopic (exact) mass is 358 g/mol. The molecule has 0 spiro atoms. The summed E-state index contributed by atoms with van der Waals surface area (Å²) < 4.78 is 0. The number of rotatable bonds is 7. The van der Waals surface area contributed by atoms with Crippen molar-refractivity contribution in [2.45, 2.75) is 19.5 Å². The number of halogens is 1. The zero-order valence-corrected chi connectivity index (χ0v) is 15.0. The van der Waals surface area contributed by atoms with E-state index >= 15 is 0 Å². The van der Waals surface area contributed by atoms with Gasteiger partial charge in [0.2, 0.25) is 5.91 Å². The SMILES string of the molecule is CN=C(NCCC(=O)NCc1ccccc1)NCc1ccccc1Cl. The summed E-state index contributed by atoms with van der Waals surface area (Å²) in [4.78, 5) is 16.0. The normalized spacial score (nSPS) is 11.0. The predicted molar refractivity (Wildman–Crippen MR) is 103 cm³/mol. The van der Waals surface area contributed by atoms with E-state index in [1.165, 1.54) is 0 Å². The molecular weight excluding hydrogens is 336 g/mol. The maximum Gasteiger partial charge on any atom is 0.222 e. The van der Waals surface area contributed by atoms with E-state index in [-0.39, 0.29) is 5.91 Å². The largest absolute Gasteiger partial charge is 0.356 e. The van der Waals surface area contributed by atoms with Gasteiger partial charge in [-0.1, -0.05) is 60.1 Å². The van der Waals surface area contributed by atoms with Gasteiger partial charge in [0.1, 0.15) is 0 Å². The van der Waals surface area contributed by atoms with Crippen molar-refractivity contribution in [1.82, 2.24) is 16.0 Å². The number of amides is 1. The molecule has 5 nitrogen and oxygen atoms in total. The van der Waals surface area contributed by atoms with E-state index in [1.807, 2.05) is 54.6 Å². The fraction of sp³-hybridized carbons (Fsp3) is 0.263. The molecule has 0 heterocycles. The number of guanidine groups is 1. The van der Waals surface area contributed by atoms with Gasteiger partial charge in [-0.2, -0.15) is 0 Å². The van der Waals surface area contributed by atoms with Crippen LogP contribution in [0.25, 0.3) is 0 Å². The van der Waals surface area contributed by atoms with E-state index in [1.54, 1.807) is 7.05 Å². The van der Waals surface area contributed by atoms with Gasteiger partial charge in [0.15, 0.2) is 5.96 Å². The maximum atomic E-state index is 11.9. The molecule has 132 valence electrons. The van der Waals surface area contributed by atoms with Gasteiger partial charge in [-0.15, -0.1) is 0 Å². The third-order valence-corrected chi connectivity index (χ3v) is 3.97. The summed E-state index contributed by atoms with van der Waals surface area (Å²) in [6.07, 6.45) is 0.375. The van der Waals surface area contributed by atoms with Crippen LogP contribution in [0.1, 0.15) is 17.5 Å². The molecule has 0 bridgehead atoms. The van der Waals surface area contributed by atoms with E-state index in [2.05, 4.69) is 20.9 Å². The quantitative estimate of drug-likeness (QED) is 0.526. The van der Waals surface area contributed by atoms with Gasteiger partial charge in [0.25, 0.3) is 0 Å². The Morgan fingerprint density at radius 2 is 1.68 bits per heavy atom. The second-order valence-electron chi connectivity index (χ2n) is 5.46. The Hall–Kier alpha value is -2.53. The summed E-state index contributed by atoms with van der Waals surface area (Å²) in [5.41, 5.74) is 2.08. The fourth-order valence-electron chi connectivity index (χ4n) is 2.22. The zero-order valence-electron chi connectivity index (χ0n) is 14.3. The van der Waals surface area contributed by atoms with Crippen molar-refractivity contribution in [3.8, 4) is 0 Å². The molecule has 0 saturated carbocycles. The third-order valence-electron chi connectivity index (χ3n) is 3.60. The first-order chi connectivity index (χ1) is 12.2. The van der Waals surface area contributed by atoms with Crippen LogP contribution >= 0.6 is 11.6 Å². The van der Waals surface area contributed by atoms with Gasteiger partial charge < -0.3 is 16.0 Å². The number of hydrogen-bond acceptors (Lipinski definition) is 2. The van der Waals surface area contributed by atoms with Crippen LogP contribution in [0.4, 0.5) is 0 Å². The Labute approximate surface area is 153 Å². The zero-order chi connectivity index (χ0) is 17.9. The molecule has 0 aromatic heterocycles. The smallest absolute Gasteiger partial charge is 0.222 e. The molecule has 2 rings (SSSR count). The van der Waals surface area contributed by atoms with Crippen molar-refractivity contribution in [3.05, 3.63) is 70.7 Å². The molecule has 0 aliphatic heterocycles. The lowest BCUT2D eigenvalue weighted by Crippen LogP contribution is -2.38. The molecule has 0 saturated heterocycles. The number of nitrogens with one attached hydrogen (secondary N) is 3. The van der Waals surface area contributed by atoms with Crippen LogP contribution in [0.2, 0.25) is 5.02 Å². The molecule has 0 atom stereocenters. The predicted octanol–water partition coefficient (Wildman–Crippen LogP) is 2.71. The van der Waals surface area contributed by atoms with E-state index in [0.717, 1.165) is 11.1 Å². The van der Waals surface area contributed by atoms with Gasteiger partial charge in [0.05, 0.1) is 0 Å². The maximum absolute atomic E-state index is 11.9. The Kier molecular flexibility index (Phi) is 7.79. The van der Waals surface area contributed by atoms with Crippen LogP contribution in [0, 0.1) is 0 Å². The van der Waals surface area contributed by atoms with E-state index in [4.69, 9.17) is 11.6 Å². The molecule has 3 N–H and O–H groups in total. The number of aliphatic imine (C=N–C) groups is 1. The molecule has 1 amide bonds. The second kappa shape index (κ2) is 10.4. The molecule has 0 aliphatic carbocycles. The lowest BCUT2D eigenvalue weighted by molar-refractivity contribution is -0.121. The highest BCUT2D eigenvalue weighted by Crippen LogP contribution is 2.14. The lowest BCUT2D eigenvalue weighted by Gasteiger charge is -2.12. The molecule has 0 aliphatic rings. The van der Waals surface area contributed by atoms with Crippen LogP contribution in [-0.2, 0) is 17.9 Å². The minimum atomic E-state index is -0.00194. The van der Waals surface area contributed by atoms with Crippen LogP contribution in [-0.4, -0.2) is 25.5 Å². The van der Waals surface area contributed by atoms with E-state index < -0.39 is 0 Å². The van der Waals surface area contributed by atoms with Crippen LogP contribution in [0.15, 0.2) is 59.6 Å². The minimum Gasteiger partial charge on any atom is -0.356 e. The van der Waals surface area contributed by atoms with Gasteiger partial charge >= 0.3 is 0 Å². The first-order valence-corrected chi connectivity index (χ1v) is 8.55. The van der Waals surface area contributed by atoms with Gasteiger partial charge in [-0.25, -0.2) is 0 Å². The summed E-state index contributed by atoms with van der Waals surface area (Å²) in [6, 6.07) is 17.5. The Morgan fingerprint density at radius 3 is 2.40 bits per heavy atom. The van der Waals surface area contributed by atoms with Gasteiger partial charge in [-0.05, 0) is 17.2 Å². The van der Waals surface area contributed by atoms with Crippen molar-refractivity contribution in [2.24, 2.45) is 4.99 Å². The summed E-state index contributed by atoms with van der Waals surface area (Å²) >= 11 is 6.13. The molecule has 0 unspecified atom stereocenters. The van der Waals surface area contributed by atoms with Crippen molar-refractivity contribution in [1.29, 1.82) is 0 Å². The minimum absolute atomic E-state index is 0.00194. The summed E-state index contributed by atoms with van der Waals surface area (Å²) in [7, 11) is 1.69. The highest BCUT2D eigenvalue weighted by Gasteiger charge is 2.04. The highest BCUT2D eigenvalue weighted by molar-refractivity contribution is 6.31. The Balaban J connectivity index is 1.67. The third kappa shape index (κ3) is 6.85. The van der Waals surface area contributed by atoms with Crippen molar-refractivity contribution in [3.63, 3.8) is 0 Å². The molecule has 0 radical (unpaired) electrons. The molecule has 2 aromatic rings. The molecular formula is C19H23ClN4O. The summed E-state index contributed by atoms with van der Waals surface area (Å²) in [6.45, 7) is 1.61. The number of carbonyl (C=O) groups excluding carboxylic acids is 1. The van der Waals surface area contributed by atoms with Crippen molar-refractivity contribution < 1.29 is 4.79 Å². The average Bonchev–Trinajstić information content (AvgIpc) is 2.65. The van der Waals surface area contributed by atoms with Crippen LogP contribution < -0.4 is 16.0 Å². The van der Waals surface area contributed by atoms with Crippen molar-refractivity contribution in [2.75, 3.05) is 13.6 Å². The Morgan fingerprint density at radius 1 is 0.960 bits per heavy atom. The number of carbonyl (C=O) groups is 1. The number of nitrogens with zero attached hydrogens (tertiary/aromatic N) is 1. The first-order valence-electron chi connectivity index (χ1n) is 8.17. The highest BCUT2D eigenvalue weighted by atomic mass is 35.5. The second-order valence-corrected chi connectivity index (χ2v) is 5.86. The average molecular weight is 359 g/mol. The van der Waals surface area contributed by atoms with E-state index in [0.29, 0.717) is 37.0 Å². The van der Waals surface area contributed by atoms with Gasteiger partial charge in [-0.3, -0.25) is 9.79 Å². The van der Waals surface area contributed by atoms with Crippen molar-refractivity contribution >= 4 is 23.5 Å². The molecule has 25 heavy (non-hydrogen) atoms. The Bertz CT molecular complexity index is 704. The molecule has 0 fully saturated rings. The summed E-state index contributed by atoms with van der Waals surface area (Å²) in [5, 5.41) is 9.92. The van der Waals surface area contributed by atoms with Crippen LogP contribution in [0.5, 0.6) is 0 Å². The van der Waals surface area contributed by atoms with E-state index in [9.17, 15) is 4.79 Å². The fourth-order valence-corrected chi connectivity index (χ4v) is 2.42. The summed E-state index contributed by atoms with van der Waals surface area (Å²) in [5.74, 6) is 0.633. The number of benzene rings is 2. The number of hydrogen-bond donors (Lipinski definition) is 3. The lowest BCUT2D eigenvalue weighted by atomic mass is 10.2. The molecule has 2 aromatic carbocycles. The first kappa shape index (κ1) is 18.8. The standard InChI is InChI=1S/C19H23ClN4O/c1-21-19(24-14-16-9-5-6-10-17(16)20)22-12-11-18(25)23-13-15-7-3-2-4-8-15/h2-10H,11-14H2,1H3,(H,23,25)(H2,21,22,24). The topological polar surface area (TPSA) is 65.5 Å². The molecule has 6 heteroatoms.